The van der Waals surface area contributed by atoms with Crippen LogP contribution in [-0.4, -0.2) is 28.2 Å². The molecule has 4 aromatic carbocycles. The molecule has 52 heavy (non-hydrogen) atoms. The summed E-state index contributed by atoms with van der Waals surface area (Å²) in [5.41, 5.74) is 3.10. The molecule has 7 nitrogen and oxygen atoms in total. The molecule has 6 rings (SSSR count). The number of rotatable bonds is 7. The van der Waals surface area contributed by atoms with Crippen LogP contribution in [0.1, 0.15) is 104 Å². The number of ether oxygens (including phenoxy) is 3. The third-order valence-corrected chi connectivity index (χ3v) is 9.53. The van der Waals surface area contributed by atoms with Gasteiger partial charge in [0.25, 0.3) is 0 Å². The quantitative estimate of drug-likeness (QED) is 0.0957. The van der Waals surface area contributed by atoms with Crippen molar-refractivity contribution in [3.05, 3.63) is 160 Å². The zero-order chi connectivity index (χ0) is 37.2. The van der Waals surface area contributed by atoms with E-state index in [1.54, 1.807) is 53.1 Å². The zero-order valence-corrected chi connectivity index (χ0v) is 30.8. The van der Waals surface area contributed by atoms with E-state index in [-0.39, 0.29) is 12.3 Å². The average Bonchev–Trinajstić information content (AvgIpc) is 3.40. The maximum absolute atomic E-state index is 14.4. The Labute approximate surface area is 305 Å². The van der Waals surface area contributed by atoms with Gasteiger partial charge in [0.05, 0.1) is 16.6 Å². The number of nitrogens with zero attached hydrogens (tertiary/aromatic N) is 1. The van der Waals surface area contributed by atoms with Gasteiger partial charge < -0.3 is 14.2 Å². The van der Waals surface area contributed by atoms with Gasteiger partial charge in [-0.3, -0.25) is 0 Å². The molecule has 7 heteroatoms. The predicted molar refractivity (Wildman–Crippen MR) is 204 cm³/mol. The summed E-state index contributed by atoms with van der Waals surface area (Å²) in [7, 11) is 0. The average molecular weight is 696 g/mol. The smallest absolute Gasteiger partial charge is 0.419 e. The van der Waals surface area contributed by atoms with Crippen molar-refractivity contribution in [1.29, 1.82) is 0 Å². The highest BCUT2D eigenvalue weighted by Crippen LogP contribution is 2.56. The van der Waals surface area contributed by atoms with Gasteiger partial charge in [0.15, 0.2) is 0 Å². The molecule has 0 spiro atoms. The number of fused-ring (bicyclic) bond motifs is 3. The number of carbonyl (C=O) groups excluding carboxylic acids is 3. The second-order valence-corrected chi connectivity index (χ2v) is 15.0. The molecule has 1 aromatic heterocycles. The van der Waals surface area contributed by atoms with Crippen LogP contribution in [0.3, 0.4) is 0 Å². The number of carbonyl (C=O) groups is 3. The van der Waals surface area contributed by atoms with Crippen LogP contribution in [0.4, 0.5) is 4.79 Å². The van der Waals surface area contributed by atoms with Gasteiger partial charge in [0.1, 0.15) is 17.1 Å². The van der Waals surface area contributed by atoms with Gasteiger partial charge in [-0.05, 0) is 82.2 Å². The van der Waals surface area contributed by atoms with E-state index >= 15 is 0 Å². The van der Waals surface area contributed by atoms with Crippen LogP contribution in [0.15, 0.2) is 132 Å². The Kier molecular flexibility index (Phi) is 10.1. The highest BCUT2D eigenvalue weighted by Gasteiger charge is 2.48. The monoisotopic (exact) mass is 695 g/mol. The minimum absolute atomic E-state index is 0.254. The van der Waals surface area contributed by atoms with Crippen molar-refractivity contribution >= 4 is 35.0 Å². The van der Waals surface area contributed by atoms with E-state index in [1.165, 1.54) is 0 Å². The summed E-state index contributed by atoms with van der Waals surface area (Å²) in [4.78, 5) is 41.8. The van der Waals surface area contributed by atoms with Crippen LogP contribution in [-0.2, 0) is 14.2 Å². The molecule has 0 saturated carbocycles. The SMILES string of the molecule is CC(C)=C(C[C@H]1c2c(c3ccccc3n2C(=O)OC(C)(C)C)C=C(OC(=O)c2ccccc2)C(C)(C)[C@@H]1c1ccccc1)OC(=O)c1ccccc1. The largest absolute Gasteiger partial charge is 0.443 e. The molecule has 0 aliphatic heterocycles. The third kappa shape index (κ3) is 7.35. The van der Waals surface area contributed by atoms with Crippen LogP contribution in [0.2, 0.25) is 0 Å². The highest BCUT2D eigenvalue weighted by atomic mass is 16.6. The minimum Gasteiger partial charge on any atom is -0.443 e. The normalized spacial score (nSPS) is 16.6. The van der Waals surface area contributed by atoms with Gasteiger partial charge in [-0.2, -0.15) is 0 Å². The minimum atomic E-state index is -0.828. The molecule has 266 valence electrons. The molecule has 1 heterocycles. The van der Waals surface area contributed by atoms with E-state index in [0.717, 1.165) is 22.1 Å². The Morgan fingerprint density at radius 1 is 0.731 bits per heavy atom. The molecule has 0 fully saturated rings. The predicted octanol–water partition coefficient (Wildman–Crippen LogP) is 11.1. The van der Waals surface area contributed by atoms with Crippen LogP contribution >= 0.6 is 0 Å². The first-order chi connectivity index (χ1) is 24.8. The molecule has 0 bridgehead atoms. The highest BCUT2D eigenvalue weighted by molar-refractivity contribution is 5.99. The number of allylic oxidation sites excluding steroid dienone is 3. The number of para-hydroxylation sites is 1. The molecule has 5 aromatic rings. The van der Waals surface area contributed by atoms with E-state index in [0.29, 0.717) is 33.9 Å². The van der Waals surface area contributed by atoms with Gasteiger partial charge in [0, 0.05) is 40.3 Å². The first kappa shape index (κ1) is 36.1. The van der Waals surface area contributed by atoms with E-state index in [2.05, 4.69) is 26.0 Å². The number of hydrogen-bond acceptors (Lipinski definition) is 6. The van der Waals surface area contributed by atoms with Crippen molar-refractivity contribution in [1.82, 2.24) is 4.57 Å². The Morgan fingerprint density at radius 2 is 1.27 bits per heavy atom. The fourth-order valence-electron chi connectivity index (χ4n) is 7.15. The molecule has 0 unspecified atom stereocenters. The molecule has 0 saturated heterocycles. The lowest BCUT2D eigenvalue weighted by molar-refractivity contribution is 0.0503. The zero-order valence-electron chi connectivity index (χ0n) is 30.8. The molecule has 1 aliphatic carbocycles. The van der Waals surface area contributed by atoms with Gasteiger partial charge in [-0.15, -0.1) is 0 Å². The molecule has 0 N–H and O–H groups in total. The van der Waals surface area contributed by atoms with E-state index in [9.17, 15) is 14.4 Å². The lowest BCUT2D eigenvalue weighted by atomic mass is 9.66. The standard InChI is InChI=1S/C45H45NO6/c1-29(2)37(50-41(47)31-21-13-9-14-22-31)27-35-39(30-19-11-8-12-20-30)45(6,7)38(51-42(48)32-23-15-10-16-24-32)28-34-33-25-17-18-26-36(33)46(40(34)35)43(49)52-44(3,4)5/h8-26,28,35,39H,27H2,1-7H3/t35-,39-/m1/s1. The summed E-state index contributed by atoms with van der Waals surface area (Å²) >= 11 is 0. The summed E-state index contributed by atoms with van der Waals surface area (Å²) in [6.07, 6.45) is 1.63. The fraction of sp³-hybridized carbons (Fsp3) is 0.267. The van der Waals surface area contributed by atoms with Crippen molar-refractivity contribution < 1.29 is 28.6 Å². The summed E-state index contributed by atoms with van der Waals surface area (Å²) < 4.78 is 20.4. The first-order valence-electron chi connectivity index (χ1n) is 17.6. The number of esters is 2. The van der Waals surface area contributed by atoms with Gasteiger partial charge in [-0.1, -0.05) is 98.8 Å². The van der Waals surface area contributed by atoms with Crippen molar-refractivity contribution in [3.63, 3.8) is 0 Å². The van der Waals surface area contributed by atoms with E-state index in [4.69, 9.17) is 14.2 Å². The Morgan fingerprint density at radius 3 is 1.85 bits per heavy atom. The van der Waals surface area contributed by atoms with E-state index < -0.39 is 35.0 Å². The first-order valence-corrected chi connectivity index (χ1v) is 17.6. The van der Waals surface area contributed by atoms with Crippen molar-refractivity contribution in [2.45, 2.75) is 72.3 Å². The van der Waals surface area contributed by atoms with Crippen molar-refractivity contribution in [2.75, 3.05) is 0 Å². The lowest BCUT2D eigenvalue weighted by Crippen LogP contribution is -2.33. The molecule has 0 radical (unpaired) electrons. The molecular formula is C45H45NO6. The summed E-state index contributed by atoms with van der Waals surface area (Å²) in [5.74, 6) is -0.878. The number of hydrogen-bond donors (Lipinski definition) is 0. The van der Waals surface area contributed by atoms with Crippen LogP contribution < -0.4 is 0 Å². The summed E-state index contributed by atoms with van der Waals surface area (Å²) in [6, 6.07) is 35.5. The summed E-state index contributed by atoms with van der Waals surface area (Å²) in [5, 5.41) is 0.797. The van der Waals surface area contributed by atoms with Gasteiger partial charge >= 0.3 is 18.0 Å². The van der Waals surface area contributed by atoms with Crippen LogP contribution in [0, 0.1) is 5.41 Å². The second kappa shape index (κ2) is 14.5. The Balaban J connectivity index is 1.63. The molecular weight excluding hydrogens is 650 g/mol. The fourth-order valence-corrected chi connectivity index (χ4v) is 7.15. The second-order valence-electron chi connectivity index (χ2n) is 15.0. The summed E-state index contributed by atoms with van der Waals surface area (Å²) in [6.45, 7) is 13.5. The van der Waals surface area contributed by atoms with Crippen LogP contribution in [0.25, 0.3) is 17.0 Å². The van der Waals surface area contributed by atoms with E-state index in [1.807, 2.05) is 95.3 Å². The van der Waals surface area contributed by atoms with Crippen molar-refractivity contribution in [2.24, 2.45) is 5.41 Å². The Hall–Kier alpha value is -5.69. The lowest BCUT2D eigenvalue weighted by Gasteiger charge is -2.40. The third-order valence-electron chi connectivity index (χ3n) is 9.53. The van der Waals surface area contributed by atoms with Gasteiger partial charge in [-0.25, -0.2) is 19.0 Å². The number of benzene rings is 4. The molecule has 0 amide bonds. The maximum atomic E-state index is 14.4. The topological polar surface area (TPSA) is 83.8 Å². The molecule has 2 atom stereocenters. The molecule has 1 aliphatic rings. The van der Waals surface area contributed by atoms with Crippen LogP contribution in [0.5, 0.6) is 0 Å². The van der Waals surface area contributed by atoms with Gasteiger partial charge in [0.2, 0.25) is 0 Å². The maximum Gasteiger partial charge on any atom is 0.419 e. The Bertz CT molecular complexity index is 2170. The van der Waals surface area contributed by atoms with Crippen molar-refractivity contribution in [3.8, 4) is 0 Å². The number of aromatic nitrogens is 1.